The predicted molar refractivity (Wildman–Crippen MR) is 75.6 cm³/mol. The third-order valence-corrected chi connectivity index (χ3v) is 3.22. The van der Waals surface area contributed by atoms with Crippen molar-refractivity contribution in [3.8, 4) is 0 Å². The van der Waals surface area contributed by atoms with Crippen LogP contribution < -0.4 is 10.6 Å². The molecule has 2 atom stereocenters. The van der Waals surface area contributed by atoms with Crippen LogP contribution in [0.4, 0.5) is 0 Å². The SMILES string of the molecule is CCC(CNC(=O)[C@@H](C)NC=O)Cc1ccccc1. The molecule has 1 aromatic carbocycles. The van der Waals surface area contributed by atoms with Gasteiger partial charge in [0.1, 0.15) is 6.04 Å². The van der Waals surface area contributed by atoms with Crippen LogP contribution in [0.1, 0.15) is 25.8 Å². The molecule has 0 aliphatic heterocycles. The summed E-state index contributed by atoms with van der Waals surface area (Å²) in [4.78, 5) is 21.9. The molecule has 0 spiro atoms. The summed E-state index contributed by atoms with van der Waals surface area (Å²) in [5.74, 6) is 0.272. The molecule has 2 N–H and O–H groups in total. The van der Waals surface area contributed by atoms with Gasteiger partial charge in [0, 0.05) is 6.54 Å². The highest BCUT2D eigenvalue weighted by Crippen LogP contribution is 2.11. The van der Waals surface area contributed by atoms with Crippen molar-refractivity contribution < 1.29 is 9.59 Å². The summed E-state index contributed by atoms with van der Waals surface area (Å²) >= 11 is 0. The van der Waals surface area contributed by atoms with Gasteiger partial charge in [0.05, 0.1) is 0 Å². The van der Waals surface area contributed by atoms with Crippen molar-refractivity contribution in [2.24, 2.45) is 5.92 Å². The standard InChI is InChI=1S/C15H22N2O2/c1-3-13(9-14-7-5-4-6-8-14)10-16-15(19)12(2)17-11-18/h4-8,11-13H,3,9-10H2,1-2H3,(H,16,19)(H,17,18)/t12-,13?/m1/s1. The first-order valence-corrected chi connectivity index (χ1v) is 6.68. The highest BCUT2D eigenvalue weighted by atomic mass is 16.2. The van der Waals surface area contributed by atoms with Crippen molar-refractivity contribution in [1.82, 2.24) is 10.6 Å². The smallest absolute Gasteiger partial charge is 0.242 e. The zero-order valence-corrected chi connectivity index (χ0v) is 11.6. The number of benzene rings is 1. The average Bonchev–Trinajstić information content (AvgIpc) is 2.44. The lowest BCUT2D eigenvalue weighted by Gasteiger charge is -2.17. The van der Waals surface area contributed by atoms with E-state index in [-0.39, 0.29) is 5.91 Å². The molecule has 4 heteroatoms. The summed E-state index contributed by atoms with van der Waals surface area (Å²) in [5.41, 5.74) is 1.28. The first-order valence-electron chi connectivity index (χ1n) is 6.68. The van der Waals surface area contributed by atoms with Gasteiger partial charge in [-0.1, -0.05) is 43.7 Å². The van der Waals surface area contributed by atoms with E-state index in [1.807, 2.05) is 18.2 Å². The van der Waals surface area contributed by atoms with Gasteiger partial charge in [-0.3, -0.25) is 9.59 Å². The third-order valence-electron chi connectivity index (χ3n) is 3.22. The van der Waals surface area contributed by atoms with Gasteiger partial charge in [0.25, 0.3) is 0 Å². The Kier molecular flexibility index (Phi) is 6.64. The minimum atomic E-state index is -0.480. The highest BCUT2D eigenvalue weighted by molar-refractivity contribution is 5.83. The van der Waals surface area contributed by atoms with Crippen molar-refractivity contribution in [2.45, 2.75) is 32.7 Å². The van der Waals surface area contributed by atoms with Crippen LogP contribution in [0.5, 0.6) is 0 Å². The van der Waals surface area contributed by atoms with E-state index in [0.29, 0.717) is 18.9 Å². The van der Waals surface area contributed by atoms with Crippen LogP contribution in [-0.2, 0) is 16.0 Å². The van der Waals surface area contributed by atoms with E-state index >= 15 is 0 Å². The molecule has 1 unspecified atom stereocenters. The molecule has 0 bridgehead atoms. The summed E-state index contributed by atoms with van der Waals surface area (Å²) in [6.45, 7) is 4.42. The van der Waals surface area contributed by atoms with Crippen molar-refractivity contribution in [2.75, 3.05) is 6.54 Å². The molecule has 1 rings (SSSR count). The lowest BCUT2D eigenvalue weighted by molar-refractivity contribution is -0.125. The Labute approximate surface area is 114 Å². The van der Waals surface area contributed by atoms with Crippen LogP contribution in [-0.4, -0.2) is 24.9 Å². The van der Waals surface area contributed by atoms with Gasteiger partial charge in [-0.2, -0.15) is 0 Å². The lowest BCUT2D eigenvalue weighted by atomic mass is 9.97. The Balaban J connectivity index is 2.40. The Morgan fingerprint density at radius 1 is 1.32 bits per heavy atom. The average molecular weight is 262 g/mol. The number of nitrogens with one attached hydrogen (secondary N) is 2. The van der Waals surface area contributed by atoms with Gasteiger partial charge >= 0.3 is 0 Å². The molecular weight excluding hydrogens is 240 g/mol. The molecule has 0 saturated heterocycles. The van der Waals surface area contributed by atoms with Crippen molar-refractivity contribution in [3.63, 3.8) is 0 Å². The van der Waals surface area contributed by atoms with Crippen LogP contribution >= 0.6 is 0 Å². The minimum Gasteiger partial charge on any atom is -0.354 e. The molecule has 0 heterocycles. The fraction of sp³-hybridized carbons (Fsp3) is 0.467. The molecule has 4 nitrogen and oxygen atoms in total. The molecule has 0 radical (unpaired) electrons. The van der Waals surface area contributed by atoms with Crippen LogP contribution in [0.3, 0.4) is 0 Å². The van der Waals surface area contributed by atoms with Gasteiger partial charge < -0.3 is 10.6 Å². The van der Waals surface area contributed by atoms with E-state index in [2.05, 4.69) is 29.7 Å². The first-order chi connectivity index (χ1) is 9.17. The van der Waals surface area contributed by atoms with E-state index < -0.39 is 6.04 Å². The molecule has 1 aromatic rings. The van der Waals surface area contributed by atoms with Crippen molar-refractivity contribution in [3.05, 3.63) is 35.9 Å². The van der Waals surface area contributed by atoms with E-state index in [1.54, 1.807) is 6.92 Å². The number of hydrogen-bond donors (Lipinski definition) is 2. The molecule has 2 amide bonds. The molecule has 104 valence electrons. The number of carbonyl (C=O) groups is 2. The first kappa shape index (κ1) is 15.2. The maximum absolute atomic E-state index is 11.7. The summed E-state index contributed by atoms with van der Waals surface area (Å²) < 4.78 is 0. The Morgan fingerprint density at radius 2 is 2.00 bits per heavy atom. The van der Waals surface area contributed by atoms with Gasteiger partial charge in [-0.15, -0.1) is 0 Å². The van der Waals surface area contributed by atoms with E-state index in [4.69, 9.17) is 0 Å². The second-order valence-corrected chi connectivity index (χ2v) is 4.72. The maximum atomic E-state index is 11.7. The quantitative estimate of drug-likeness (QED) is 0.698. The molecule has 19 heavy (non-hydrogen) atoms. The van der Waals surface area contributed by atoms with Gasteiger partial charge in [0.15, 0.2) is 0 Å². The second-order valence-electron chi connectivity index (χ2n) is 4.72. The second kappa shape index (κ2) is 8.29. The van der Waals surface area contributed by atoms with Gasteiger partial charge in [0.2, 0.25) is 12.3 Å². The monoisotopic (exact) mass is 262 g/mol. The lowest BCUT2D eigenvalue weighted by Crippen LogP contribution is -2.43. The Bertz CT molecular complexity index is 392. The van der Waals surface area contributed by atoms with Gasteiger partial charge in [-0.25, -0.2) is 0 Å². The predicted octanol–water partition coefficient (Wildman–Crippen LogP) is 1.51. The zero-order chi connectivity index (χ0) is 14.1. The maximum Gasteiger partial charge on any atom is 0.242 e. The summed E-state index contributed by atoms with van der Waals surface area (Å²) in [5, 5.41) is 5.32. The van der Waals surface area contributed by atoms with E-state index in [9.17, 15) is 9.59 Å². The molecule has 0 aliphatic carbocycles. The van der Waals surface area contributed by atoms with Gasteiger partial charge in [-0.05, 0) is 24.8 Å². The number of rotatable bonds is 8. The summed E-state index contributed by atoms with van der Waals surface area (Å²) in [6.07, 6.45) is 2.50. The van der Waals surface area contributed by atoms with Crippen molar-refractivity contribution in [1.29, 1.82) is 0 Å². The molecular formula is C15H22N2O2. The summed E-state index contributed by atoms with van der Waals surface area (Å²) in [6, 6.07) is 9.76. The molecule has 0 aromatic heterocycles. The fourth-order valence-corrected chi connectivity index (χ4v) is 1.88. The normalized spacial score (nSPS) is 13.4. The fourth-order valence-electron chi connectivity index (χ4n) is 1.88. The largest absolute Gasteiger partial charge is 0.354 e. The molecule has 0 aliphatic rings. The summed E-state index contributed by atoms with van der Waals surface area (Å²) in [7, 11) is 0. The third kappa shape index (κ3) is 5.55. The van der Waals surface area contributed by atoms with Crippen LogP contribution in [0, 0.1) is 5.92 Å². The number of amides is 2. The Hall–Kier alpha value is -1.84. The van der Waals surface area contributed by atoms with Crippen LogP contribution in [0.2, 0.25) is 0 Å². The van der Waals surface area contributed by atoms with Crippen LogP contribution in [0.25, 0.3) is 0 Å². The van der Waals surface area contributed by atoms with E-state index in [0.717, 1.165) is 12.8 Å². The topological polar surface area (TPSA) is 58.2 Å². The molecule has 0 fully saturated rings. The number of carbonyl (C=O) groups excluding carboxylic acids is 2. The highest BCUT2D eigenvalue weighted by Gasteiger charge is 2.13. The van der Waals surface area contributed by atoms with Crippen LogP contribution in [0.15, 0.2) is 30.3 Å². The van der Waals surface area contributed by atoms with E-state index in [1.165, 1.54) is 5.56 Å². The van der Waals surface area contributed by atoms with Crippen molar-refractivity contribution >= 4 is 12.3 Å². The Morgan fingerprint density at radius 3 is 2.58 bits per heavy atom. The number of hydrogen-bond acceptors (Lipinski definition) is 2. The molecule has 0 saturated carbocycles. The minimum absolute atomic E-state index is 0.140. The zero-order valence-electron chi connectivity index (χ0n) is 11.6.